The number of ether oxygens (including phenoxy) is 2. The van der Waals surface area contributed by atoms with Crippen molar-refractivity contribution in [1.82, 2.24) is 9.97 Å². The number of aromatic nitrogens is 2. The third-order valence-electron chi connectivity index (χ3n) is 5.85. The number of benzene rings is 1. The molecule has 1 saturated heterocycles. The number of fused-ring (bicyclic) bond motifs is 2. The highest BCUT2D eigenvalue weighted by Crippen LogP contribution is 2.35. The van der Waals surface area contributed by atoms with Crippen molar-refractivity contribution in [2.24, 2.45) is 5.92 Å². The zero-order valence-corrected chi connectivity index (χ0v) is 17.1. The van der Waals surface area contributed by atoms with Crippen LogP contribution in [-0.2, 0) is 9.59 Å². The number of hydrogen-bond acceptors (Lipinski definition) is 7. The van der Waals surface area contributed by atoms with Gasteiger partial charge in [0.2, 0.25) is 24.6 Å². The van der Waals surface area contributed by atoms with Gasteiger partial charge in [-0.25, -0.2) is 0 Å². The van der Waals surface area contributed by atoms with Crippen LogP contribution in [0.25, 0.3) is 0 Å². The second-order valence-electron chi connectivity index (χ2n) is 8.21. The summed E-state index contributed by atoms with van der Waals surface area (Å²) in [5.74, 6) is 0.437. The molecule has 10 nitrogen and oxygen atoms in total. The Labute approximate surface area is 177 Å². The van der Waals surface area contributed by atoms with Gasteiger partial charge in [0.05, 0.1) is 11.5 Å². The van der Waals surface area contributed by atoms with Crippen molar-refractivity contribution in [3.63, 3.8) is 0 Å². The van der Waals surface area contributed by atoms with E-state index in [1.54, 1.807) is 18.2 Å². The summed E-state index contributed by atoms with van der Waals surface area (Å²) in [6.45, 7) is 3.85. The van der Waals surface area contributed by atoms with E-state index in [1.807, 2.05) is 4.90 Å². The zero-order chi connectivity index (χ0) is 21.5. The molecule has 0 spiro atoms. The summed E-state index contributed by atoms with van der Waals surface area (Å²) >= 11 is 0. The van der Waals surface area contributed by atoms with Gasteiger partial charge in [-0.1, -0.05) is 6.92 Å². The number of nitrogens with zero attached hydrogens (tertiary/aromatic N) is 2. The number of hydrogen-bond donors (Lipinski definition) is 3. The van der Waals surface area contributed by atoms with E-state index in [-0.39, 0.29) is 30.5 Å². The number of aromatic amines is 1. The highest BCUT2D eigenvalue weighted by molar-refractivity contribution is 6.04. The van der Waals surface area contributed by atoms with Gasteiger partial charge in [-0.2, -0.15) is 4.98 Å². The Kier molecular flexibility index (Phi) is 4.76. The Morgan fingerprint density at radius 2 is 2.10 bits per heavy atom. The second kappa shape index (κ2) is 7.60. The van der Waals surface area contributed by atoms with E-state index in [2.05, 4.69) is 27.5 Å². The van der Waals surface area contributed by atoms with E-state index in [1.165, 1.54) is 0 Å². The first-order valence-electron chi connectivity index (χ1n) is 10.4. The lowest BCUT2D eigenvalue weighted by molar-refractivity contribution is -0.123. The Balaban J connectivity index is 1.43. The molecule has 0 bridgehead atoms. The molecule has 2 atom stereocenters. The summed E-state index contributed by atoms with van der Waals surface area (Å²) in [6.07, 6.45) is 2.01. The van der Waals surface area contributed by atoms with Crippen LogP contribution >= 0.6 is 0 Å². The summed E-state index contributed by atoms with van der Waals surface area (Å²) in [5, 5.41) is 5.43. The third kappa shape index (κ3) is 3.69. The molecule has 0 saturated carbocycles. The molecule has 1 aromatic heterocycles. The number of anilines is 3. The van der Waals surface area contributed by atoms with Crippen molar-refractivity contribution in [3.8, 4) is 11.5 Å². The molecule has 0 unspecified atom stereocenters. The maximum absolute atomic E-state index is 13.0. The average Bonchev–Trinajstić information content (AvgIpc) is 3.20. The molecule has 4 heterocycles. The van der Waals surface area contributed by atoms with Crippen molar-refractivity contribution in [2.45, 2.75) is 32.1 Å². The molecule has 3 aliphatic rings. The summed E-state index contributed by atoms with van der Waals surface area (Å²) in [5.41, 5.74) is 0.251. The number of carbonyl (C=O) groups is 2. The van der Waals surface area contributed by atoms with Gasteiger partial charge in [0.15, 0.2) is 11.5 Å². The Morgan fingerprint density at radius 3 is 2.94 bits per heavy atom. The van der Waals surface area contributed by atoms with Crippen LogP contribution in [-0.4, -0.2) is 41.7 Å². The first-order chi connectivity index (χ1) is 15.0. The van der Waals surface area contributed by atoms with Crippen LogP contribution in [0.15, 0.2) is 23.0 Å². The minimum Gasteiger partial charge on any atom is -0.454 e. The van der Waals surface area contributed by atoms with Crippen LogP contribution in [0.1, 0.15) is 37.7 Å². The molecule has 3 aliphatic heterocycles. The molecule has 0 radical (unpaired) electrons. The van der Waals surface area contributed by atoms with E-state index in [0.29, 0.717) is 29.1 Å². The molecule has 1 aromatic carbocycles. The highest BCUT2D eigenvalue weighted by atomic mass is 16.7. The highest BCUT2D eigenvalue weighted by Gasteiger charge is 2.35. The number of nitrogens with one attached hydrogen (secondary N) is 3. The predicted octanol–water partition coefficient (Wildman–Crippen LogP) is 1.80. The fourth-order valence-corrected chi connectivity index (χ4v) is 4.32. The van der Waals surface area contributed by atoms with Crippen LogP contribution in [0.5, 0.6) is 11.5 Å². The standard InChI is InChI=1S/C21H23N5O5/c1-11-3-2-6-26(9-11)21-24-18-17(20(29)25-21)13(8-16(27)23-18)19(28)22-12-4-5-14-15(7-12)31-10-30-14/h4-5,7,11,13H,2-3,6,8-10H2,1H3,(H,22,28)(H2,23,24,25,27,29)/t11-,13+/m0/s1. The summed E-state index contributed by atoms with van der Waals surface area (Å²) < 4.78 is 10.6. The Hall–Kier alpha value is -3.56. The number of carbonyl (C=O) groups excluding carboxylic acids is 2. The van der Waals surface area contributed by atoms with Crippen molar-refractivity contribution in [2.75, 3.05) is 35.4 Å². The zero-order valence-electron chi connectivity index (χ0n) is 17.1. The third-order valence-corrected chi connectivity index (χ3v) is 5.85. The molecule has 31 heavy (non-hydrogen) atoms. The van der Waals surface area contributed by atoms with Gasteiger partial charge in [-0.15, -0.1) is 0 Å². The molecule has 10 heteroatoms. The van der Waals surface area contributed by atoms with Crippen molar-refractivity contribution >= 4 is 29.3 Å². The molecule has 0 aliphatic carbocycles. The maximum atomic E-state index is 13.0. The van der Waals surface area contributed by atoms with Crippen LogP contribution in [0, 0.1) is 5.92 Å². The van der Waals surface area contributed by atoms with Crippen molar-refractivity contribution in [1.29, 1.82) is 0 Å². The SMILES string of the molecule is C[C@H]1CCCN(c2nc3c(c(=O)[nH]2)[C@H](C(=O)Nc2ccc4c(c2)OCO4)CC(=O)N3)C1. The van der Waals surface area contributed by atoms with E-state index in [0.717, 1.165) is 25.9 Å². The lowest BCUT2D eigenvalue weighted by Gasteiger charge is -2.32. The van der Waals surface area contributed by atoms with Gasteiger partial charge in [0.25, 0.3) is 5.56 Å². The van der Waals surface area contributed by atoms with Crippen LogP contribution in [0.2, 0.25) is 0 Å². The second-order valence-corrected chi connectivity index (χ2v) is 8.21. The van der Waals surface area contributed by atoms with E-state index in [9.17, 15) is 14.4 Å². The van der Waals surface area contributed by atoms with Crippen LogP contribution in [0.4, 0.5) is 17.5 Å². The average molecular weight is 425 g/mol. The number of rotatable bonds is 3. The van der Waals surface area contributed by atoms with Gasteiger partial charge < -0.3 is 25.0 Å². The largest absolute Gasteiger partial charge is 0.454 e. The normalized spacial score (nSPS) is 22.0. The minimum atomic E-state index is -0.945. The van der Waals surface area contributed by atoms with E-state index in [4.69, 9.17) is 9.47 Å². The number of H-pyrrole nitrogens is 1. The first-order valence-corrected chi connectivity index (χ1v) is 10.4. The maximum Gasteiger partial charge on any atom is 0.258 e. The Morgan fingerprint density at radius 1 is 1.26 bits per heavy atom. The summed E-state index contributed by atoms with van der Waals surface area (Å²) in [7, 11) is 0. The molecule has 1 fully saturated rings. The lowest BCUT2D eigenvalue weighted by atomic mass is 9.92. The van der Waals surface area contributed by atoms with Gasteiger partial charge >= 0.3 is 0 Å². The van der Waals surface area contributed by atoms with Crippen molar-refractivity contribution in [3.05, 3.63) is 34.1 Å². The molecule has 2 amide bonds. The van der Waals surface area contributed by atoms with Crippen LogP contribution in [0.3, 0.4) is 0 Å². The van der Waals surface area contributed by atoms with Crippen molar-refractivity contribution < 1.29 is 19.1 Å². The molecule has 2 aromatic rings. The van der Waals surface area contributed by atoms with Gasteiger partial charge in [0, 0.05) is 31.3 Å². The molecular weight excluding hydrogens is 402 g/mol. The molecular formula is C21H23N5O5. The van der Waals surface area contributed by atoms with Crippen LogP contribution < -0.4 is 30.6 Å². The molecule has 162 valence electrons. The summed E-state index contributed by atoms with van der Waals surface area (Å²) in [4.78, 5) is 47.6. The molecule has 3 N–H and O–H groups in total. The summed E-state index contributed by atoms with van der Waals surface area (Å²) in [6, 6.07) is 5.02. The fourth-order valence-electron chi connectivity index (χ4n) is 4.32. The first kappa shape index (κ1) is 19.4. The number of amides is 2. The fraction of sp³-hybridized carbons (Fsp3) is 0.429. The minimum absolute atomic E-state index is 0.127. The Bertz CT molecular complexity index is 1110. The number of piperidine rings is 1. The van der Waals surface area contributed by atoms with E-state index < -0.39 is 17.4 Å². The predicted molar refractivity (Wildman–Crippen MR) is 113 cm³/mol. The van der Waals surface area contributed by atoms with Gasteiger partial charge in [-0.05, 0) is 30.9 Å². The monoisotopic (exact) mass is 425 g/mol. The quantitative estimate of drug-likeness (QED) is 0.685. The smallest absolute Gasteiger partial charge is 0.258 e. The van der Waals surface area contributed by atoms with Gasteiger partial charge in [-0.3, -0.25) is 19.4 Å². The lowest BCUT2D eigenvalue weighted by Crippen LogP contribution is -2.40. The molecule has 5 rings (SSSR count). The van der Waals surface area contributed by atoms with E-state index >= 15 is 0 Å². The topological polar surface area (TPSA) is 126 Å². The van der Waals surface area contributed by atoms with Gasteiger partial charge in [0.1, 0.15) is 5.82 Å².